The van der Waals surface area contributed by atoms with Crippen molar-refractivity contribution in [2.24, 2.45) is 0 Å². The number of amides is 1. The third kappa shape index (κ3) is 4.67. The summed E-state index contributed by atoms with van der Waals surface area (Å²) in [6.45, 7) is 1.61. The van der Waals surface area contributed by atoms with E-state index in [1.165, 1.54) is 11.3 Å². The maximum absolute atomic E-state index is 13.0. The van der Waals surface area contributed by atoms with Gasteiger partial charge in [0.05, 0.1) is 18.3 Å². The van der Waals surface area contributed by atoms with E-state index >= 15 is 0 Å². The molecule has 0 aliphatic carbocycles. The number of nitrogens with zero attached hydrogens (tertiary/aromatic N) is 4. The van der Waals surface area contributed by atoms with Gasteiger partial charge >= 0.3 is 0 Å². The largest absolute Gasteiger partial charge is 0.392 e. The fraction of sp³-hybridized carbons (Fsp3) is 0.240. The van der Waals surface area contributed by atoms with Crippen LogP contribution in [0.3, 0.4) is 0 Å². The van der Waals surface area contributed by atoms with Crippen molar-refractivity contribution in [1.29, 1.82) is 0 Å². The quantitative estimate of drug-likeness (QED) is 0.426. The highest BCUT2D eigenvalue weighted by Gasteiger charge is 2.28. The predicted octanol–water partition coefficient (Wildman–Crippen LogP) is 4.47. The molecule has 3 aromatic heterocycles. The number of aliphatic hydroxyl groups is 1. The van der Waals surface area contributed by atoms with Gasteiger partial charge < -0.3 is 14.6 Å². The van der Waals surface area contributed by atoms with E-state index in [9.17, 15) is 9.90 Å². The number of carbonyl (C=O) groups excluding carboxylic acids is 1. The van der Waals surface area contributed by atoms with Gasteiger partial charge in [-0.1, -0.05) is 12.1 Å². The fourth-order valence-corrected chi connectivity index (χ4v) is 5.03. The zero-order valence-corrected chi connectivity index (χ0v) is 18.9. The summed E-state index contributed by atoms with van der Waals surface area (Å²) in [4.78, 5) is 24.1. The highest BCUT2D eigenvalue weighted by molar-refractivity contribution is 7.14. The number of nitrogens with one attached hydrogen (secondary N) is 1. The summed E-state index contributed by atoms with van der Waals surface area (Å²) in [5.74, 6) is -0.169. The van der Waals surface area contributed by atoms with Crippen LogP contribution in [-0.2, 0) is 13.2 Å². The maximum Gasteiger partial charge on any atom is 0.274 e. The van der Waals surface area contributed by atoms with Crippen LogP contribution in [0.15, 0.2) is 72.5 Å². The van der Waals surface area contributed by atoms with Gasteiger partial charge in [0.2, 0.25) is 0 Å². The molecule has 1 aliphatic heterocycles. The summed E-state index contributed by atoms with van der Waals surface area (Å²) in [6.07, 6.45) is 7.52. The summed E-state index contributed by atoms with van der Waals surface area (Å²) in [7, 11) is 0. The van der Waals surface area contributed by atoms with E-state index in [4.69, 9.17) is 4.98 Å². The Hall–Kier alpha value is -3.49. The van der Waals surface area contributed by atoms with E-state index in [0.717, 1.165) is 41.9 Å². The van der Waals surface area contributed by atoms with E-state index in [2.05, 4.69) is 27.3 Å². The molecule has 7 nitrogen and oxygen atoms in total. The monoisotopic (exact) mass is 459 g/mol. The lowest BCUT2D eigenvalue weighted by Crippen LogP contribution is -2.23. The first-order chi connectivity index (χ1) is 16.2. The number of hydrogen-bond donors (Lipinski definition) is 2. The summed E-state index contributed by atoms with van der Waals surface area (Å²) < 4.78 is 1.92. The second-order valence-corrected chi connectivity index (χ2v) is 8.94. The Labute approximate surface area is 196 Å². The number of thiazole rings is 1. The number of aromatic nitrogens is 3. The van der Waals surface area contributed by atoms with Crippen LogP contribution in [0.5, 0.6) is 0 Å². The molecule has 0 spiro atoms. The number of aliphatic hydroxyl groups excluding tert-OH is 1. The molecule has 1 aromatic carbocycles. The predicted molar refractivity (Wildman–Crippen MR) is 130 cm³/mol. The van der Waals surface area contributed by atoms with Crippen molar-refractivity contribution in [3.05, 3.63) is 95.0 Å². The topological polar surface area (TPSA) is 83.3 Å². The first-order valence-electron chi connectivity index (χ1n) is 11.0. The second kappa shape index (κ2) is 9.56. The SMILES string of the molecule is O=C(Nc1nc([C@H]2CCCN2c2ccc(CO)cc2)cs1)c1cccn1Cc1ccncc1. The molecule has 0 unspecified atom stereocenters. The van der Waals surface area contributed by atoms with Gasteiger partial charge in [0, 0.05) is 42.7 Å². The first-order valence-corrected chi connectivity index (χ1v) is 11.9. The van der Waals surface area contributed by atoms with E-state index < -0.39 is 0 Å². The number of hydrogen-bond acceptors (Lipinski definition) is 6. The molecule has 1 amide bonds. The van der Waals surface area contributed by atoms with Gasteiger partial charge in [-0.25, -0.2) is 4.98 Å². The molecule has 5 rings (SSSR count). The molecule has 2 N–H and O–H groups in total. The van der Waals surface area contributed by atoms with Crippen molar-refractivity contribution >= 4 is 28.1 Å². The van der Waals surface area contributed by atoms with Crippen LogP contribution in [0.25, 0.3) is 0 Å². The number of rotatable bonds is 7. The minimum Gasteiger partial charge on any atom is -0.392 e. The highest BCUT2D eigenvalue weighted by Crippen LogP contribution is 2.37. The Morgan fingerprint density at radius 1 is 1.12 bits per heavy atom. The molecule has 1 atom stereocenters. The molecule has 168 valence electrons. The zero-order valence-electron chi connectivity index (χ0n) is 18.1. The van der Waals surface area contributed by atoms with Gasteiger partial charge in [0.1, 0.15) is 5.69 Å². The average Bonchev–Trinajstić information content (AvgIpc) is 3.60. The van der Waals surface area contributed by atoms with Crippen molar-refractivity contribution in [3.63, 3.8) is 0 Å². The Morgan fingerprint density at radius 3 is 2.73 bits per heavy atom. The molecular formula is C25H25N5O2S. The summed E-state index contributed by atoms with van der Waals surface area (Å²) in [5, 5.41) is 14.9. The van der Waals surface area contributed by atoms with Gasteiger partial charge in [-0.2, -0.15) is 0 Å². The lowest BCUT2D eigenvalue weighted by Gasteiger charge is -2.25. The Morgan fingerprint density at radius 2 is 1.94 bits per heavy atom. The van der Waals surface area contributed by atoms with E-state index in [1.807, 2.05) is 52.5 Å². The van der Waals surface area contributed by atoms with Crippen LogP contribution in [-0.4, -0.2) is 32.1 Å². The van der Waals surface area contributed by atoms with Crippen molar-refractivity contribution < 1.29 is 9.90 Å². The van der Waals surface area contributed by atoms with Gasteiger partial charge in [-0.3, -0.25) is 15.1 Å². The Bertz CT molecular complexity index is 1220. The second-order valence-electron chi connectivity index (χ2n) is 8.08. The molecule has 8 heteroatoms. The van der Waals surface area contributed by atoms with Crippen molar-refractivity contribution in [3.8, 4) is 0 Å². The molecule has 1 fully saturated rings. The van der Waals surface area contributed by atoms with E-state index in [-0.39, 0.29) is 18.6 Å². The zero-order chi connectivity index (χ0) is 22.6. The first kappa shape index (κ1) is 21.4. The molecular weight excluding hydrogens is 434 g/mol. The van der Waals surface area contributed by atoms with E-state index in [1.54, 1.807) is 12.4 Å². The molecule has 1 aliphatic rings. The molecule has 0 bridgehead atoms. The van der Waals surface area contributed by atoms with Gasteiger partial charge in [0.15, 0.2) is 5.13 Å². The molecule has 4 aromatic rings. The minimum atomic E-state index is -0.169. The molecule has 1 saturated heterocycles. The third-order valence-electron chi connectivity index (χ3n) is 5.95. The number of pyridine rings is 1. The van der Waals surface area contributed by atoms with Crippen LogP contribution in [0.1, 0.15) is 46.2 Å². The van der Waals surface area contributed by atoms with Crippen molar-refractivity contribution in [2.75, 3.05) is 16.8 Å². The maximum atomic E-state index is 13.0. The van der Waals surface area contributed by atoms with Gasteiger partial charge in [-0.15, -0.1) is 11.3 Å². The van der Waals surface area contributed by atoms with Crippen LogP contribution >= 0.6 is 11.3 Å². The Kier molecular flexibility index (Phi) is 6.19. The lowest BCUT2D eigenvalue weighted by atomic mass is 10.1. The number of carbonyl (C=O) groups is 1. The van der Waals surface area contributed by atoms with Gasteiger partial charge in [-0.05, 0) is 60.4 Å². The minimum absolute atomic E-state index is 0.0464. The Balaban J connectivity index is 1.28. The average molecular weight is 460 g/mol. The number of anilines is 2. The molecule has 0 saturated carbocycles. The highest BCUT2D eigenvalue weighted by atomic mass is 32.1. The van der Waals surface area contributed by atoms with Crippen LogP contribution in [0, 0.1) is 0 Å². The summed E-state index contributed by atoms with van der Waals surface area (Å²) >= 11 is 1.45. The number of benzene rings is 1. The molecule has 0 radical (unpaired) electrons. The standard InChI is InChI=1S/C25H25N5O2S/c31-16-19-5-7-20(8-6-19)30-14-2-3-22(30)21-17-33-25(27-21)28-24(32)23-4-1-13-29(23)15-18-9-11-26-12-10-18/h1,4-13,17,22,31H,2-3,14-16H2,(H,27,28,32)/t22-/m1/s1. The summed E-state index contributed by atoms with van der Waals surface area (Å²) in [6, 6.07) is 15.8. The van der Waals surface area contributed by atoms with Crippen molar-refractivity contribution in [1.82, 2.24) is 14.5 Å². The summed E-state index contributed by atoms with van der Waals surface area (Å²) in [5.41, 5.74) is 4.69. The van der Waals surface area contributed by atoms with Crippen LogP contribution in [0.4, 0.5) is 10.8 Å². The molecule has 33 heavy (non-hydrogen) atoms. The van der Waals surface area contributed by atoms with Crippen molar-refractivity contribution in [2.45, 2.75) is 32.0 Å². The van der Waals surface area contributed by atoms with Crippen LogP contribution in [0.2, 0.25) is 0 Å². The fourth-order valence-electron chi connectivity index (χ4n) is 4.28. The van der Waals surface area contributed by atoms with Gasteiger partial charge in [0.25, 0.3) is 5.91 Å². The lowest BCUT2D eigenvalue weighted by molar-refractivity contribution is 0.101. The smallest absolute Gasteiger partial charge is 0.274 e. The third-order valence-corrected chi connectivity index (χ3v) is 6.73. The van der Waals surface area contributed by atoms with Crippen LogP contribution < -0.4 is 10.2 Å². The normalized spacial score (nSPS) is 15.7. The van der Waals surface area contributed by atoms with E-state index in [0.29, 0.717) is 17.4 Å². The molecule has 4 heterocycles.